The monoisotopic (exact) mass is 311 g/mol. The third-order valence-electron chi connectivity index (χ3n) is 3.20. The maximum absolute atomic E-state index is 13.9. The van der Waals surface area contributed by atoms with Gasteiger partial charge in [-0.2, -0.15) is 11.8 Å². The molecule has 0 bridgehead atoms. The summed E-state index contributed by atoms with van der Waals surface area (Å²) in [4.78, 5) is 12.8. The molecule has 0 amide bonds. The molecule has 0 aliphatic heterocycles. The van der Waals surface area contributed by atoms with Gasteiger partial charge in [0, 0.05) is 24.1 Å². The first-order valence-electron chi connectivity index (χ1n) is 7.06. The summed E-state index contributed by atoms with van der Waals surface area (Å²) in [7, 11) is 0. The van der Waals surface area contributed by atoms with Gasteiger partial charge in [0.25, 0.3) is 0 Å². The van der Waals surface area contributed by atoms with Crippen LogP contribution in [0.5, 0.6) is 0 Å². The Labute approximate surface area is 129 Å². The van der Waals surface area contributed by atoms with Gasteiger partial charge in [0.1, 0.15) is 5.82 Å². The number of nitrogens with zero attached hydrogens (tertiary/aromatic N) is 1. The van der Waals surface area contributed by atoms with Gasteiger partial charge in [0.05, 0.1) is 0 Å². The molecule has 21 heavy (non-hydrogen) atoms. The summed E-state index contributed by atoms with van der Waals surface area (Å²) >= 11 is 1.71. The van der Waals surface area contributed by atoms with Gasteiger partial charge in [-0.05, 0) is 36.4 Å². The maximum Gasteiger partial charge on any atom is 0.328 e. The number of rotatable bonds is 9. The zero-order valence-electron chi connectivity index (χ0n) is 12.5. The molecule has 1 rings (SSSR count). The molecule has 5 heteroatoms. The van der Waals surface area contributed by atoms with Crippen molar-refractivity contribution in [3.05, 3.63) is 41.2 Å². The van der Waals surface area contributed by atoms with Crippen molar-refractivity contribution >= 4 is 23.8 Å². The average Bonchev–Trinajstić information content (AvgIpc) is 2.47. The van der Waals surface area contributed by atoms with Crippen LogP contribution in [0.2, 0.25) is 0 Å². The Kier molecular flexibility index (Phi) is 8.08. The highest BCUT2D eigenvalue weighted by Crippen LogP contribution is 2.18. The summed E-state index contributed by atoms with van der Waals surface area (Å²) in [5.41, 5.74) is 1.22. The third kappa shape index (κ3) is 6.78. The molecule has 0 saturated carbocycles. The van der Waals surface area contributed by atoms with E-state index in [9.17, 15) is 9.18 Å². The minimum absolute atomic E-state index is 0.280. The standard InChI is InChI=1S/C16H22FNO2S/c1-3-18(4-2)9-10-21-12-14-7-5-13(11-15(14)17)6-8-16(19)20/h5-8,11H,3-4,9-10,12H2,1-2H3,(H,19,20). The van der Waals surface area contributed by atoms with E-state index in [4.69, 9.17) is 5.11 Å². The fraction of sp³-hybridized carbons (Fsp3) is 0.438. The molecule has 0 saturated heterocycles. The molecular formula is C16H22FNO2S. The second kappa shape index (κ2) is 9.58. The van der Waals surface area contributed by atoms with Crippen LogP contribution in [-0.2, 0) is 10.5 Å². The molecule has 0 radical (unpaired) electrons. The van der Waals surface area contributed by atoms with Crippen molar-refractivity contribution < 1.29 is 14.3 Å². The smallest absolute Gasteiger partial charge is 0.328 e. The molecule has 0 fully saturated rings. The van der Waals surface area contributed by atoms with E-state index >= 15 is 0 Å². The van der Waals surface area contributed by atoms with Gasteiger partial charge >= 0.3 is 5.97 Å². The molecule has 3 nitrogen and oxygen atoms in total. The molecule has 116 valence electrons. The quantitative estimate of drug-likeness (QED) is 0.560. The first-order chi connectivity index (χ1) is 10.1. The Morgan fingerprint density at radius 1 is 1.38 bits per heavy atom. The number of halogens is 1. The molecule has 0 atom stereocenters. The van der Waals surface area contributed by atoms with E-state index in [0.717, 1.165) is 31.5 Å². The van der Waals surface area contributed by atoms with Crippen molar-refractivity contribution in [2.45, 2.75) is 19.6 Å². The van der Waals surface area contributed by atoms with Crippen molar-refractivity contribution in [3.63, 3.8) is 0 Å². The number of aliphatic carboxylic acids is 1. The fourth-order valence-electron chi connectivity index (χ4n) is 1.87. The normalized spacial score (nSPS) is 11.4. The van der Waals surface area contributed by atoms with Crippen LogP contribution >= 0.6 is 11.8 Å². The van der Waals surface area contributed by atoms with Gasteiger partial charge in [-0.1, -0.05) is 26.0 Å². The van der Waals surface area contributed by atoms with Crippen molar-refractivity contribution in [2.24, 2.45) is 0 Å². The van der Waals surface area contributed by atoms with Crippen LogP contribution in [0.15, 0.2) is 24.3 Å². The minimum Gasteiger partial charge on any atom is -0.478 e. The fourth-order valence-corrected chi connectivity index (χ4v) is 2.85. The van der Waals surface area contributed by atoms with Gasteiger partial charge in [0.15, 0.2) is 0 Å². The molecule has 0 aliphatic carbocycles. The van der Waals surface area contributed by atoms with Crippen molar-refractivity contribution in [2.75, 3.05) is 25.4 Å². The zero-order chi connectivity index (χ0) is 15.7. The number of thioether (sulfide) groups is 1. The number of carboxylic acid groups (broad SMARTS) is 1. The molecule has 1 aromatic carbocycles. The number of hydrogen-bond acceptors (Lipinski definition) is 3. The van der Waals surface area contributed by atoms with Crippen LogP contribution in [0.25, 0.3) is 6.08 Å². The van der Waals surface area contributed by atoms with E-state index in [1.54, 1.807) is 23.9 Å². The predicted octanol–water partition coefficient (Wildman–Crippen LogP) is 3.50. The highest BCUT2D eigenvalue weighted by Gasteiger charge is 2.04. The van der Waals surface area contributed by atoms with Crippen LogP contribution in [-0.4, -0.2) is 41.4 Å². The number of hydrogen-bond donors (Lipinski definition) is 1. The largest absolute Gasteiger partial charge is 0.478 e. The van der Waals surface area contributed by atoms with Gasteiger partial charge < -0.3 is 10.0 Å². The molecule has 0 heterocycles. The third-order valence-corrected chi connectivity index (χ3v) is 4.19. The maximum atomic E-state index is 13.9. The van der Waals surface area contributed by atoms with E-state index in [-0.39, 0.29) is 5.82 Å². The second-order valence-electron chi connectivity index (χ2n) is 4.60. The molecule has 0 aromatic heterocycles. The Morgan fingerprint density at radius 3 is 2.67 bits per heavy atom. The lowest BCUT2D eigenvalue weighted by molar-refractivity contribution is -0.131. The number of benzene rings is 1. The summed E-state index contributed by atoms with van der Waals surface area (Å²) in [5.74, 6) is 0.293. The molecule has 0 spiro atoms. The predicted molar refractivity (Wildman–Crippen MR) is 87.0 cm³/mol. The van der Waals surface area contributed by atoms with Crippen molar-refractivity contribution in [3.8, 4) is 0 Å². The van der Waals surface area contributed by atoms with E-state index in [1.165, 1.54) is 12.1 Å². The van der Waals surface area contributed by atoms with Crippen LogP contribution < -0.4 is 0 Å². The zero-order valence-corrected chi connectivity index (χ0v) is 13.3. The first kappa shape index (κ1) is 17.7. The molecule has 0 unspecified atom stereocenters. The number of carbonyl (C=O) groups is 1. The van der Waals surface area contributed by atoms with E-state index in [0.29, 0.717) is 16.9 Å². The summed E-state index contributed by atoms with van der Waals surface area (Å²) in [6.07, 6.45) is 2.40. The lowest BCUT2D eigenvalue weighted by atomic mass is 10.1. The average molecular weight is 311 g/mol. The Balaban J connectivity index is 2.47. The molecular weight excluding hydrogens is 289 g/mol. The SMILES string of the molecule is CCN(CC)CCSCc1ccc(C=CC(=O)O)cc1F. The molecule has 0 aliphatic rings. The lowest BCUT2D eigenvalue weighted by Crippen LogP contribution is -2.25. The topological polar surface area (TPSA) is 40.5 Å². The van der Waals surface area contributed by atoms with Crippen LogP contribution in [0.4, 0.5) is 4.39 Å². The Hall–Kier alpha value is -1.33. The summed E-state index contributed by atoms with van der Waals surface area (Å²) in [5, 5.41) is 8.54. The van der Waals surface area contributed by atoms with Gasteiger partial charge in [-0.3, -0.25) is 0 Å². The highest BCUT2D eigenvalue weighted by atomic mass is 32.2. The van der Waals surface area contributed by atoms with E-state index in [1.807, 2.05) is 0 Å². The molecule has 1 aromatic rings. The summed E-state index contributed by atoms with van der Waals surface area (Å²) < 4.78 is 13.9. The van der Waals surface area contributed by atoms with Crippen molar-refractivity contribution in [1.82, 2.24) is 4.90 Å². The van der Waals surface area contributed by atoms with Crippen LogP contribution in [0.3, 0.4) is 0 Å². The molecule has 1 N–H and O–H groups in total. The van der Waals surface area contributed by atoms with Gasteiger partial charge in [-0.15, -0.1) is 0 Å². The Morgan fingerprint density at radius 2 is 2.10 bits per heavy atom. The Bertz CT molecular complexity index is 487. The van der Waals surface area contributed by atoms with Gasteiger partial charge in [0.2, 0.25) is 0 Å². The number of carboxylic acids is 1. The second-order valence-corrected chi connectivity index (χ2v) is 5.71. The lowest BCUT2D eigenvalue weighted by Gasteiger charge is -2.17. The highest BCUT2D eigenvalue weighted by molar-refractivity contribution is 7.98. The van der Waals surface area contributed by atoms with Crippen LogP contribution in [0, 0.1) is 5.82 Å². The van der Waals surface area contributed by atoms with E-state index in [2.05, 4.69) is 18.7 Å². The van der Waals surface area contributed by atoms with Crippen molar-refractivity contribution in [1.29, 1.82) is 0 Å². The minimum atomic E-state index is -1.04. The van der Waals surface area contributed by atoms with Crippen LogP contribution in [0.1, 0.15) is 25.0 Å². The summed E-state index contributed by atoms with van der Waals surface area (Å²) in [6.45, 7) is 7.36. The van der Waals surface area contributed by atoms with E-state index < -0.39 is 5.97 Å². The van der Waals surface area contributed by atoms with Gasteiger partial charge in [-0.25, -0.2) is 9.18 Å². The first-order valence-corrected chi connectivity index (χ1v) is 8.21. The summed E-state index contributed by atoms with van der Waals surface area (Å²) in [6, 6.07) is 4.84.